The van der Waals surface area contributed by atoms with Crippen LogP contribution in [0.2, 0.25) is 10.0 Å². The number of halogens is 2. The van der Waals surface area contributed by atoms with Crippen molar-refractivity contribution in [2.45, 2.75) is 39.0 Å². The lowest BCUT2D eigenvalue weighted by atomic mass is 9.95. The summed E-state index contributed by atoms with van der Waals surface area (Å²) >= 11 is 14.1. The number of benzene rings is 1. The molecule has 4 rings (SSSR count). The fraction of sp³-hybridized carbons (Fsp3) is 0.440. The third-order valence-electron chi connectivity index (χ3n) is 5.74. The van der Waals surface area contributed by atoms with E-state index < -0.39 is 18.1 Å². The lowest BCUT2D eigenvalue weighted by molar-refractivity contribution is -0.159. The van der Waals surface area contributed by atoms with Crippen LogP contribution >= 0.6 is 34.5 Å². The highest BCUT2D eigenvalue weighted by Crippen LogP contribution is 2.37. The lowest BCUT2D eigenvalue weighted by Crippen LogP contribution is -2.53. The van der Waals surface area contributed by atoms with Gasteiger partial charge < -0.3 is 19.5 Å². The van der Waals surface area contributed by atoms with Crippen molar-refractivity contribution in [3.05, 3.63) is 61.7 Å². The van der Waals surface area contributed by atoms with Gasteiger partial charge in [-0.15, -0.1) is 11.3 Å². The van der Waals surface area contributed by atoms with Gasteiger partial charge in [0.15, 0.2) is 10.8 Å². The number of aliphatic imine (C=N–C) groups is 1. The first-order chi connectivity index (χ1) is 17.8. The summed E-state index contributed by atoms with van der Waals surface area (Å²) in [6.07, 6.45) is 1.41. The van der Waals surface area contributed by atoms with Crippen molar-refractivity contribution in [2.24, 2.45) is 4.99 Å². The van der Waals surface area contributed by atoms with E-state index in [0.717, 1.165) is 0 Å². The molecule has 1 fully saturated rings. The van der Waals surface area contributed by atoms with Crippen molar-refractivity contribution in [1.29, 1.82) is 0 Å². The summed E-state index contributed by atoms with van der Waals surface area (Å²) in [7, 11) is 0. The number of hydrogen-bond donors (Lipinski definition) is 1. The Kier molecular flexibility index (Phi) is 9.20. The molecule has 0 bridgehead atoms. The number of hydrogen-bond acceptors (Lipinski definition) is 10. The number of morpholine rings is 1. The zero-order valence-electron chi connectivity index (χ0n) is 20.7. The van der Waals surface area contributed by atoms with Gasteiger partial charge in [0, 0.05) is 46.0 Å². The number of carbonyl (C=O) groups excluding carboxylic acids is 2. The second kappa shape index (κ2) is 12.4. The van der Waals surface area contributed by atoms with Crippen LogP contribution in [0.1, 0.15) is 37.4 Å². The average molecular weight is 567 g/mol. The van der Waals surface area contributed by atoms with E-state index in [2.05, 4.69) is 10.3 Å². The maximum Gasteiger partial charge on any atom is 0.338 e. The molecule has 2 aliphatic rings. The number of ether oxygens (including phenoxy) is 3. The van der Waals surface area contributed by atoms with Gasteiger partial charge in [0.2, 0.25) is 0 Å². The second-order valence-electron chi connectivity index (χ2n) is 8.67. The monoisotopic (exact) mass is 566 g/mol. The van der Waals surface area contributed by atoms with E-state index in [9.17, 15) is 9.59 Å². The zero-order valence-corrected chi connectivity index (χ0v) is 23.0. The standard InChI is InChI=1S/C25H28Cl2N4O5S/c1-4-35-25(33)20-18(12-31-8-9-34-13-19(31)24(32)36-14(2)3)29-22(23-28-7-10-37-23)30-21(20)16-6-5-15(26)11-17(16)27/h5-7,10-11,14,19,21H,4,8-9,12-13H2,1-3H3,(H,29,30). The van der Waals surface area contributed by atoms with Crippen molar-refractivity contribution in [2.75, 3.05) is 32.9 Å². The van der Waals surface area contributed by atoms with Gasteiger partial charge >= 0.3 is 11.9 Å². The molecule has 0 amide bonds. The molecule has 3 heterocycles. The Labute approximate surface area is 229 Å². The van der Waals surface area contributed by atoms with E-state index in [1.165, 1.54) is 11.3 Å². The lowest BCUT2D eigenvalue weighted by Gasteiger charge is -2.36. The maximum atomic E-state index is 13.4. The molecule has 1 aromatic heterocycles. The largest absolute Gasteiger partial charge is 0.463 e. The van der Waals surface area contributed by atoms with E-state index in [1.54, 1.807) is 45.2 Å². The summed E-state index contributed by atoms with van der Waals surface area (Å²) in [5, 5.41) is 6.62. The number of amidine groups is 1. The first-order valence-corrected chi connectivity index (χ1v) is 13.5. The zero-order chi connectivity index (χ0) is 26.5. The summed E-state index contributed by atoms with van der Waals surface area (Å²) in [5.74, 6) is -0.420. The number of nitrogens with zero attached hydrogens (tertiary/aromatic N) is 3. The van der Waals surface area contributed by atoms with Crippen LogP contribution in [-0.2, 0) is 23.8 Å². The highest BCUT2D eigenvalue weighted by atomic mass is 35.5. The predicted molar refractivity (Wildman–Crippen MR) is 142 cm³/mol. The first kappa shape index (κ1) is 27.5. The minimum Gasteiger partial charge on any atom is -0.463 e. The molecule has 0 saturated carbocycles. The number of nitrogens with one attached hydrogen (secondary N) is 1. The summed E-state index contributed by atoms with van der Waals surface area (Å²) in [6, 6.07) is 3.65. The van der Waals surface area contributed by atoms with Gasteiger partial charge in [-0.1, -0.05) is 29.3 Å². The predicted octanol–water partition coefficient (Wildman–Crippen LogP) is 4.01. The van der Waals surface area contributed by atoms with E-state index in [4.69, 9.17) is 42.4 Å². The molecule has 1 saturated heterocycles. The normalized spacial score (nSPS) is 20.4. The molecule has 9 nitrogen and oxygen atoms in total. The van der Waals surface area contributed by atoms with Crippen LogP contribution in [0.5, 0.6) is 0 Å². The van der Waals surface area contributed by atoms with Crippen molar-refractivity contribution in [3.8, 4) is 0 Å². The topological polar surface area (TPSA) is 102 Å². The van der Waals surface area contributed by atoms with Gasteiger partial charge in [0.05, 0.1) is 31.5 Å². The Bertz CT molecular complexity index is 1200. The molecule has 2 aliphatic heterocycles. The number of aromatic nitrogens is 1. The third kappa shape index (κ3) is 6.50. The summed E-state index contributed by atoms with van der Waals surface area (Å²) < 4.78 is 16.5. The SMILES string of the molecule is CCOC(=O)C1=C(CN2CCOCC2C(=O)OC(C)C)NC(c2nccs2)=NC1c1ccc(Cl)cc1Cl. The van der Waals surface area contributed by atoms with Crippen LogP contribution in [0.25, 0.3) is 0 Å². The molecule has 1 aromatic carbocycles. The van der Waals surface area contributed by atoms with E-state index in [1.807, 2.05) is 10.3 Å². The molecule has 2 unspecified atom stereocenters. The van der Waals surface area contributed by atoms with Crippen LogP contribution in [0.3, 0.4) is 0 Å². The van der Waals surface area contributed by atoms with Gasteiger partial charge in [-0.2, -0.15) is 0 Å². The van der Waals surface area contributed by atoms with Crippen LogP contribution in [0, 0.1) is 0 Å². The average Bonchev–Trinajstić information content (AvgIpc) is 3.39. The molecule has 0 radical (unpaired) electrons. The van der Waals surface area contributed by atoms with Gasteiger partial charge in [-0.25, -0.2) is 9.78 Å². The van der Waals surface area contributed by atoms with E-state index >= 15 is 0 Å². The Balaban J connectivity index is 1.79. The molecule has 0 spiro atoms. The second-order valence-corrected chi connectivity index (χ2v) is 10.4. The molecule has 37 heavy (non-hydrogen) atoms. The molecule has 1 N–H and O–H groups in total. The van der Waals surface area contributed by atoms with Gasteiger partial charge in [-0.05, 0) is 32.9 Å². The van der Waals surface area contributed by atoms with Crippen molar-refractivity contribution < 1.29 is 23.8 Å². The number of carbonyl (C=O) groups is 2. The van der Waals surface area contributed by atoms with Crippen LogP contribution in [0.15, 0.2) is 46.0 Å². The fourth-order valence-corrected chi connectivity index (χ4v) is 5.22. The summed E-state index contributed by atoms with van der Waals surface area (Å²) in [6.45, 7) is 6.83. The Morgan fingerprint density at radius 2 is 2.14 bits per heavy atom. The Morgan fingerprint density at radius 1 is 1.32 bits per heavy atom. The maximum absolute atomic E-state index is 13.4. The summed E-state index contributed by atoms with van der Waals surface area (Å²) in [5.41, 5.74) is 1.44. The molecular formula is C25H28Cl2N4O5S. The summed E-state index contributed by atoms with van der Waals surface area (Å²) in [4.78, 5) is 37.4. The Hall–Kier alpha value is -2.50. The molecular weight excluding hydrogens is 539 g/mol. The number of esters is 2. The molecule has 12 heteroatoms. The smallest absolute Gasteiger partial charge is 0.338 e. The highest BCUT2D eigenvalue weighted by Gasteiger charge is 2.37. The van der Waals surface area contributed by atoms with E-state index in [-0.39, 0.29) is 31.8 Å². The van der Waals surface area contributed by atoms with Crippen molar-refractivity contribution in [3.63, 3.8) is 0 Å². The van der Waals surface area contributed by atoms with Gasteiger partial charge in [-0.3, -0.25) is 14.7 Å². The van der Waals surface area contributed by atoms with Crippen molar-refractivity contribution in [1.82, 2.24) is 15.2 Å². The molecule has 2 aromatic rings. The van der Waals surface area contributed by atoms with E-state index in [0.29, 0.717) is 50.9 Å². The van der Waals surface area contributed by atoms with Crippen molar-refractivity contribution >= 4 is 52.3 Å². The van der Waals surface area contributed by atoms with Crippen LogP contribution in [-0.4, -0.2) is 72.7 Å². The van der Waals surface area contributed by atoms with Gasteiger partial charge in [0.25, 0.3) is 0 Å². The fourth-order valence-electron chi connectivity index (χ4n) is 4.13. The molecule has 198 valence electrons. The third-order valence-corrected chi connectivity index (χ3v) is 7.08. The quantitative estimate of drug-likeness (QED) is 0.478. The minimum atomic E-state index is -0.777. The molecule has 2 atom stereocenters. The van der Waals surface area contributed by atoms with Crippen LogP contribution in [0.4, 0.5) is 0 Å². The number of thiazole rings is 1. The van der Waals surface area contributed by atoms with Crippen LogP contribution < -0.4 is 5.32 Å². The minimum absolute atomic E-state index is 0.181. The Morgan fingerprint density at radius 3 is 2.81 bits per heavy atom. The van der Waals surface area contributed by atoms with Gasteiger partial charge in [0.1, 0.15) is 12.1 Å². The first-order valence-electron chi connectivity index (χ1n) is 11.9. The highest BCUT2D eigenvalue weighted by molar-refractivity contribution is 7.11. The number of rotatable bonds is 8. The molecule has 0 aliphatic carbocycles.